The molecule has 3 nitrogen and oxygen atoms in total. The molecular formula is C34H21N2OSV-. The molecule has 5 heteroatoms. The van der Waals surface area contributed by atoms with Crippen molar-refractivity contribution >= 4 is 75.5 Å². The van der Waals surface area contributed by atoms with Crippen molar-refractivity contribution in [2.75, 3.05) is 0 Å². The Balaban J connectivity index is 0.00000253. The molecule has 0 aliphatic heterocycles. The minimum absolute atomic E-state index is 0. The molecule has 0 aliphatic carbocycles. The van der Waals surface area contributed by atoms with Crippen LogP contribution in [0.15, 0.2) is 121 Å². The van der Waals surface area contributed by atoms with Crippen LogP contribution in [-0.2, 0) is 18.6 Å². The number of aromatic nitrogens is 1. The maximum absolute atomic E-state index is 10.8. The van der Waals surface area contributed by atoms with Gasteiger partial charge in [0.2, 0.25) is 0 Å². The average Bonchev–Trinajstić information content (AvgIpc) is 3.49. The van der Waals surface area contributed by atoms with Gasteiger partial charge in [0.1, 0.15) is 5.75 Å². The molecule has 2 heterocycles. The number of hydrogen-bond acceptors (Lipinski definition) is 2. The molecule has 39 heavy (non-hydrogen) atoms. The van der Waals surface area contributed by atoms with Crippen LogP contribution in [0.3, 0.4) is 0 Å². The van der Waals surface area contributed by atoms with Crippen LogP contribution in [0.2, 0.25) is 0 Å². The summed E-state index contributed by atoms with van der Waals surface area (Å²) in [6, 6.07) is 42.0. The van der Waals surface area contributed by atoms with Crippen molar-refractivity contribution in [3.05, 3.63) is 127 Å². The molecule has 1 N–H and O–H groups in total. The maximum atomic E-state index is 10.8. The summed E-state index contributed by atoms with van der Waals surface area (Å²) in [5, 5.41) is 22.8. The summed E-state index contributed by atoms with van der Waals surface area (Å²) in [5.41, 5.74) is 4.86. The van der Waals surface area contributed by atoms with E-state index in [-0.39, 0.29) is 24.3 Å². The minimum atomic E-state index is 0. The summed E-state index contributed by atoms with van der Waals surface area (Å²) in [5.74, 6) is 0.194. The second kappa shape index (κ2) is 9.21. The Morgan fingerprint density at radius 3 is 2.10 bits per heavy atom. The summed E-state index contributed by atoms with van der Waals surface area (Å²) < 4.78 is 4.64. The van der Waals surface area contributed by atoms with Crippen molar-refractivity contribution in [3.8, 4) is 11.4 Å². The number of para-hydroxylation sites is 1. The van der Waals surface area contributed by atoms with Gasteiger partial charge < -0.3 is 15.0 Å². The predicted molar refractivity (Wildman–Crippen MR) is 162 cm³/mol. The molecule has 0 saturated heterocycles. The normalized spacial score (nSPS) is 11.5. The third-order valence-corrected chi connectivity index (χ3v) is 8.52. The third-order valence-electron chi connectivity index (χ3n) is 7.38. The van der Waals surface area contributed by atoms with Gasteiger partial charge in [0.05, 0.1) is 11.0 Å². The molecule has 0 bridgehead atoms. The number of benzene rings is 6. The molecule has 0 spiro atoms. The summed E-state index contributed by atoms with van der Waals surface area (Å²) in [6.45, 7) is 0. The standard InChI is InChI=1S/C34H21N2OS.V/c37-30-17-18-32-33(26-10-4-6-12-31(26)38-32)34(30)35-23-13-15-24(16-14-23)36-28-11-5-3-9-25(28)27-19-21-7-1-2-8-22(21)20-29(27)36;/h1-20,37H;/q-1;. The summed E-state index contributed by atoms with van der Waals surface area (Å²) >= 11 is 1.72. The molecule has 0 fully saturated rings. The Bertz CT molecular complexity index is 2180. The van der Waals surface area contributed by atoms with Crippen LogP contribution >= 0.6 is 11.3 Å². The van der Waals surface area contributed by atoms with E-state index in [0.29, 0.717) is 5.69 Å². The van der Waals surface area contributed by atoms with Crippen LogP contribution < -0.4 is 0 Å². The molecule has 8 aromatic rings. The molecule has 0 atom stereocenters. The number of phenolic OH excluding ortho intramolecular Hbond substituents is 1. The maximum Gasteiger partial charge on any atom is 0.101 e. The van der Waals surface area contributed by atoms with E-state index < -0.39 is 0 Å². The van der Waals surface area contributed by atoms with Gasteiger partial charge in [0, 0.05) is 44.4 Å². The Labute approximate surface area is 240 Å². The number of hydrogen-bond donors (Lipinski definition) is 1. The van der Waals surface area contributed by atoms with E-state index in [1.807, 2.05) is 30.3 Å². The Hall–Kier alpha value is -4.22. The topological polar surface area (TPSA) is 39.3 Å². The first-order chi connectivity index (χ1) is 18.7. The molecule has 0 aliphatic rings. The Kier molecular flexibility index (Phi) is 5.64. The molecular weight excluding hydrogens is 535 g/mol. The van der Waals surface area contributed by atoms with Crippen LogP contribution in [0.4, 0.5) is 11.4 Å². The fourth-order valence-electron chi connectivity index (χ4n) is 5.64. The van der Waals surface area contributed by atoms with Gasteiger partial charge in [-0.05, 0) is 70.1 Å². The van der Waals surface area contributed by atoms with E-state index in [1.165, 1.54) is 37.3 Å². The van der Waals surface area contributed by atoms with E-state index in [1.54, 1.807) is 17.4 Å². The second-order valence-electron chi connectivity index (χ2n) is 9.60. The van der Waals surface area contributed by atoms with E-state index in [0.717, 1.165) is 26.8 Å². The average molecular weight is 557 g/mol. The van der Waals surface area contributed by atoms with Crippen molar-refractivity contribution in [1.82, 2.24) is 4.57 Å². The summed E-state index contributed by atoms with van der Waals surface area (Å²) in [4.78, 5) is 0. The van der Waals surface area contributed by atoms with Crippen molar-refractivity contribution in [1.29, 1.82) is 0 Å². The molecule has 0 saturated carbocycles. The monoisotopic (exact) mass is 556 g/mol. The van der Waals surface area contributed by atoms with Gasteiger partial charge in [-0.15, -0.1) is 17.0 Å². The molecule has 185 valence electrons. The van der Waals surface area contributed by atoms with Crippen LogP contribution in [0.5, 0.6) is 5.75 Å². The number of nitrogens with zero attached hydrogens (tertiary/aromatic N) is 2. The molecule has 6 aromatic carbocycles. The van der Waals surface area contributed by atoms with Crippen molar-refractivity contribution in [3.63, 3.8) is 0 Å². The summed E-state index contributed by atoms with van der Waals surface area (Å²) in [7, 11) is 0. The van der Waals surface area contributed by atoms with E-state index in [4.69, 9.17) is 5.32 Å². The zero-order valence-electron chi connectivity index (χ0n) is 20.7. The van der Waals surface area contributed by atoms with Gasteiger partial charge in [-0.2, -0.15) is 0 Å². The van der Waals surface area contributed by atoms with Gasteiger partial charge in [0.15, 0.2) is 0 Å². The fraction of sp³-hybridized carbons (Fsp3) is 0. The van der Waals surface area contributed by atoms with Crippen LogP contribution in [0.25, 0.3) is 63.8 Å². The van der Waals surface area contributed by atoms with E-state index in [9.17, 15) is 5.11 Å². The van der Waals surface area contributed by atoms with Crippen molar-refractivity contribution < 1.29 is 23.7 Å². The van der Waals surface area contributed by atoms with Gasteiger partial charge >= 0.3 is 0 Å². The van der Waals surface area contributed by atoms with Gasteiger partial charge in [-0.3, -0.25) is 0 Å². The van der Waals surface area contributed by atoms with E-state index in [2.05, 4.69) is 89.5 Å². The van der Waals surface area contributed by atoms with Crippen molar-refractivity contribution in [2.45, 2.75) is 0 Å². The number of phenols is 1. The van der Waals surface area contributed by atoms with Crippen molar-refractivity contribution in [2.24, 2.45) is 0 Å². The first-order valence-corrected chi connectivity index (χ1v) is 13.4. The predicted octanol–water partition coefficient (Wildman–Crippen LogP) is 10.3. The quantitative estimate of drug-likeness (QED) is 0.231. The molecule has 1 radical (unpaired) electrons. The van der Waals surface area contributed by atoms with E-state index >= 15 is 0 Å². The first kappa shape index (κ1) is 23.9. The molecule has 0 unspecified atom stereocenters. The Morgan fingerprint density at radius 1 is 0.590 bits per heavy atom. The van der Waals surface area contributed by atoms with Gasteiger partial charge in [-0.1, -0.05) is 78.5 Å². The zero-order valence-corrected chi connectivity index (χ0v) is 23.0. The fourth-order valence-corrected chi connectivity index (χ4v) is 6.75. The number of thiophene rings is 1. The SMILES string of the molecule is Oc1ccc2sc3ccccc3c2c1[N-]c1ccc(-n2c3ccccc3c3cc4ccccc4cc32)cc1.[V]. The van der Waals surface area contributed by atoms with Crippen LogP contribution in [0.1, 0.15) is 0 Å². The number of aromatic hydroxyl groups is 1. The smallest absolute Gasteiger partial charge is 0.101 e. The summed E-state index contributed by atoms with van der Waals surface area (Å²) in [6.07, 6.45) is 0. The Morgan fingerprint density at radius 2 is 1.28 bits per heavy atom. The second-order valence-corrected chi connectivity index (χ2v) is 10.7. The molecule has 8 rings (SSSR count). The number of rotatable bonds is 3. The molecule has 0 amide bonds. The van der Waals surface area contributed by atoms with Gasteiger partial charge in [-0.25, -0.2) is 0 Å². The zero-order chi connectivity index (χ0) is 25.2. The number of fused-ring (bicyclic) bond motifs is 7. The first-order valence-electron chi connectivity index (χ1n) is 12.6. The largest absolute Gasteiger partial charge is 0.654 e. The minimum Gasteiger partial charge on any atom is -0.654 e. The van der Waals surface area contributed by atoms with Crippen LogP contribution in [0, 0.1) is 0 Å². The molecule has 2 aromatic heterocycles. The third kappa shape index (κ3) is 3.72. The van der Waals surface area contributed by atoms with Gasteiger partial charge in [0.25, 0.3) is 0 Å². The van der Waals surface area contributed by atoms with Crippen LogP contribution in [-0.4, -0.2) is 9.67 Å².